The Morgan fingerprint density at radius 2 is 2.04 bits per heavy atom. The Morgan fingerprint density at radius 1 is 1.23 bits per heavy atom. The minimum absolute atomic E-state index is 0.159. The number of nitriles is 1. The Morgan fingerprint density at radius 3 is 2.77 bits per heavy atom. The zero-order chi connectivity index (χ0) is 18.3. The highest BCUT2D eigenvalue weighted by Gasteiger charge is 2.76. The fraction of sp³-hybridized carbons (Fsp3) is 0.750. The predicted octanol–water partition coefficient (Wildman–Crippen LogP) is 5.46. The van der Waals surface area contributed by atoms with Crippen molar-refractivity contribution < 1.29 is 4.79 Å². The van der Waals surface area contributed by atoms with Gasteiger partial charge in [-0.25, -0.2) is 0 Å². The zero-order valence-corrected chi connectivity index (χ0v) is 16.3. The van der Waals surface area contributed by atoms with Gasteiger partial charge in [0, 0.05) is 6.42 Å². The normalized spacial score (nSPS) is 54.1. The first kappa shape index (κ1) is 16.8. The highest BCUT2D eigenvalue weighted by atomic mass is 16.1. The molecule has 0 aliphatic heterocycles. The summed E-state index contributed by atoms with van der Waals surface area (Å²) in [5, 5.41) is 10.3. The minimum atomic E-state index is -0.172. The second kappa shape index (κ2) is 5.12. The summed E-state index contributed by atoms with van der Waals surface area (Å²) < 4.78 is 0. The molecule has 0 N–H and O–H groups in total. The molecule has 0 aromatic carbocycles. The van der Waals surface area contributed by atoms with Crippen molar-refractivity contribution in [1.82, 2.24) is 0 Å². The van der Waals surface area contributed by atoms with E-state index < -0.39 is 0 Å². The third kappa shape index (κ3) is 1.76. The van der Waals surface area contributed by atoms with Crippen LogP contribution in [-0.2, 0) is 4.79 Å². The molecule has 0 saturated heterocycles. The molecule has 0 heterocycles. The standard InChI is InChI=1S/C24H31NO/c1-4-9-24(14-25)20-13-18(20)21-17-6-5-15-12-16(26)7-10-22(15,2)19(17)8-11-23(21,24)3/h4,12,17-21H,1,5-11,13H2,2-3H3/t17-,18-,19+,20+,21-,22+,23+,24+/m1/s1. The number of hydrogen-bond acceptors (Lipinski definition) is 2. The number of hydrogen-bond donors (Lipinski definition) is 0. The first-order valence-electron chi connectivity index (χ1n) is 10.7. The van der Waals surface area contributed by atoms with Crippen LogP contribution < -0.4 is 0 Å². The van der Waals surface area contributed by atoms with Crippen molar-refractivity contribution in [1.29, 1.82) is 5.26 Å². The van der Waals surface area contributed by atoms with Crippen LogP contribution in [-0.4, -0.2) is 5.78 Å². The highest BCUT2D eigenvalue weighted by molar-refractivity contribution is 5.91. The van der Waals surface area contributed by atoms with E-state index in [1.807, 2.05) is 12.2 Å². The molecule has 0 aromatic heterocycles. The molecule has 4 fully saturated rings. The Labute approximate surface area is 157 Å². The van der Waals surface area contributed by atoms with E-state index in [2.05, 4.69) is 26.5 Å². The predicted molar refractivity (Wildman–Crippen MR) is 102 cm³/mol. The fourth-order valence-electron chi connectivity index (χ4n) is 8.59. The van der Waals surface area contributed by atoms with Crippen LogP contribution in [0.1, 0.15) is 65.2 Å². The maximum Gasteiger partial charge on any atom is 0.155 e. The number of fused-ring (bicyclic) bond motifs is 7. The lowest BCUT2D eigenvalue weighted by atomic mass is 9.44. The van der Waals surface area contributed by atoms with E-state index in [1.54, 1.807) is 0 Å². The average Bonchev–Trinajstić information content (AvgIpc) is 3.36. The maximum atomic E-state index is 12.0. The summed E-state index contributed by atoms with van der Waals surface area (Å²) in [5.74, 6) is 3.90. The molecule has 5 aliphatic rings. The number of carbonyl (C=O) groups excluding carboxylic acids is 1. The van der Waals surface area contributed by atoms with Gasteiger partial charge in [0.05, 0.1) is 11.5 Å². The van der Waals surface area contributed by atoms with E-state index in [4.69, 9.17) is 0 Å². The van der Waals surface area contributed by atoms with Crippen LogP contribution in [0.3, 0.4) is 0 Å². The second-order valence-electron chi connectivity index (χ2n) is 10.4. The SMILES string of the molecule is C=CC[C@]1(C#N)[C@H]2C[C@H]2[C@H]2[C@@H]3CCC4=CC(=O)CC[C@]4(C)[C@H]3CC[C@@]21C. The van der Waals surface area contributed by atoms with Gasteiger partial charge in [-0.15, -0.1) is 6.58 Å². The van der Waals surface area contributed by atoms with Gasteiger partial charge in [-0.3, -0.25) is 4.79 Å². The summed E-state index contributed by atoms with van der Waals surface area (Å²) in [6.45, 7) is 8.90. The molecule has 26 heavy (non-hydrogen) atoms. The summed E-state index contributed by atoms with van der Waals surface area (Å²) in [6.07, 6.45) is 12.7. The number of carbonyl (C=O) groups is 1. The second-order valence-corrected chi connectivity index (χ2v) is 10.4. The number of rotatable bonds is 2. The third-order valence-electron chi connectivity index (χ3n) is 9.83. The summed E-state index contributed by atoms with van der Waals surface area (Å²) in [5.41, 5.74) is 1.67. The van der Waals surface area contributed by atoms with Gasteiger partial charge in [-0.2, -0.15) is 5.26 Å². The molecule has 2 heteroatoms. The molecule has 0 bridgehead atoms. The largest absolute Gasteiger partial charge is 0.295 e. The summed E-state index contributed by atoms with van der Waals surface area (Å²) in [4.78, 5) is 12.0. The molecule has 5 rings (SSSR count). The van der Waals surface area contributed by atoms with E-state index in [0.29, 0.717) is 23.5 Å². The molecule has 0 amide bonds. The monoisotopic (exact) mass is 349 g/mol. The average molecular weight is 350 g/mol. The van der Waals surface area contributed by atoms with Crippen LogP contribution in [0.25, 0.3) is 0 Å². The summed E-state index contributed by atoms with van der Waals surface area (Å²) >= 11 is 0. The van der Waals surface area contributed by atoms with Crippen molar-refractivity contribution in [2.75, 3.05) is 0 Å². The lowest BCUT2D eigenvalue weighted by Crippen LogP contribution is -2.54. The van der Waals surface area contributed by atoms with Crippen molar-refractivity contribution in [3.05, 3.63) is 24.3 Å². The Kier molecular flexibility index (Phi) is 3.31. The molecule has 8 atom stereocenters. The summed E-state index contributed by atoms with van der Waals surface area (Å²) in [7, 11) is 0. The first-order valence-corrected chi connectivity index (χ1v) is 10.7. The molecular weight excluding hydrogens is 318 g/mol. The Hall–Kier alpha value is -1.36. The van der Waals surface area contributed by atoms with E-state index in [1.165, 1.54) is 31.3 Å². The van der Waals surface area contributed by atoms with Crippen molar-refractivity contribution >= 4 is 5.78 Å². The number of ketones is 1. The van der Waals surface area contributed by atoms with Gasteiger partial charge >= 0.3 is 0 Å². The smallest absolute Gasteiger partial charge is 0.155 e. The van der Waals surface area contributed by atoms with Crippen LogP contribution in [0.15, 0.2) is 24.3 Å². The lowest BCUT2D eigenvalue weighted by molar-refractivity contribution is -0.118. The van der Waals surface area contributed by atoms with Gasteiger partial charge < -0.3 is 0 Å². The van der Waals surface area contributed by atoms with E-state index in [-0.39, 0.29) is 16.2 Å². The topological polar surface area (TPSA) is 40.9 Å². The molecule has 0 unspecified atom stereocenters. The van der Waals surface area contributed by atoms with Crippen molar-refractivity contribution in [3.63, 3.8) is 0 Å². The van der Waals surface area contributed by atoms with Gasteiger partial charge in [-0.1, -0.05) is 25.5 Å². The Bertz CT molecular complexity index is 759. The van der Waals surface area contributed by atoms with E-state index in [9.17, 15) is 10.1 Å². The molecule has 4 saturated carbocycles. The van der Waals surface area contributed by atoms with Gasteiger partial charge in [-0.05, 0) is 91.4 Å². The first-order chi connectivity index (χ1) is 12.4. The minimum Gasteiger partial charge on any atom is -0.295 e. The maximum absolute atomic E-state index is 12.0. The van der Waals surface area contributed by atoms with Crippen LogP contribution in [0.5, 0.6) is 0 Å². The van der Waals surface area contributed by atoms with Gasteiger partial charge in [0.1, 0.15) is 0 Å². The Balaban J connectivity index is 1.55. The van der Waals surface area contributed by atoms with E-state index in [0.717, 1.165) is 37.5 Å². The van der Waals surface area contributed by atoms with E-state index >= 15 is 0 Å². The fourth-order valence-corrected chi connectivity index (χ4v) is 8.59. The summed E-state index contributed by atoms with van der Waals surface area (Å²) in [6, 6.07) is 2.85. The van der Waals surface area contributed by atoms with Crippen LogP contribution in [0.2, 0.25) is 0 Å². The molecular formula is C24H31NO. The van der Waals surface area contributed by atoms with Crippen molar-refractivity contribution in [3.8, 4) is 6.07 Å². The van der Waals surface area contributed by atoms with Crippen molar-refractivity contribution in [2.24, 2.45) is 45.8 Å². The highest BCUT2D eigenvalue weighted by Crippen LogP contribution is 2.80. The number of allylic oxidation sites excluding steroid dienone is 2. The molecule has 138 valence electrons. The molecule has 0 spiro atoms. The third-order valence-corrected chi connectivity index (χ3v) is 9.83. The molecule has 0 aromatic rings. The molecule has 5 aliphatic carbocycles. The quantitative estimate of drug-likeness (QED) is 0.621. The van der Waals surface area contributed by atoms with Crippen LogP contribution >= 0.6 is 0 Å². The molecule has 2 nitrogen and oxygen atoms in total. The van der Waals surface area contributed by atoms with Gasteiger partial charge in [0.15, 0.2) is 5.78 Å². The van der Waals surface area contributed by atoms with Crippen LogP contribution in [0, 0.1) is 57.2 Å². The zero-order valence-electron chi connectivity index (χ0n) is 16.3. The van der Waals surface area contributed by atoms with Crippen LogP contribution in [0.4, 0.5) is 0 Å². The number of nitrogens with zero attached hydrogens (tertiary/aromatic N) is 1. The van der Waals surface area contributed by atoms with Crippen molar-refractivity contribution in [2.45, 2.75) is 65.2 Å². The van der Waals surface area contributed by atoms with Gasteiger partial charge in [0.25, 0.3) is 0 Å². The van der Waals surface area contributed by atoms with Gasteiger partial charge in [0.2, 0.25) is 0 Å². The molecule has 0 radical (unpaired) electrons. The lowest BCUT2D eigenvalue weighted by Gasteiger charge is -2.60.